The molecule has 0 radical (unpaired) electrons. The third-order valence-electron chi connectivity index (χ3n) is 6.28. The Morgan fingerprint density at radius 3 is 1.56 bits per heavy atom. The minimum absolute atomic E-state index is 0.559. The third kappa shape index (κ3) is 3.88. The highest BCUT2D eigenvalue weighted by molar-refractivity contribution is 6.45. The Bertz CT molecular complexity index is 1250. The first kappa shape index (κ1) is 23.5. The van der Waals surface area contributed by atoms with Crippen LogP contribution in [0.1, 0.15) is 22.3 Å². The van der Waals surface area contributed by atoms with Crippen molar-refractivity contribution in [2.24, 2.45) is 0 Å². The highest BCUT2D eigenvalue weighted by Crippen LogP contribution is 2.41. The van der Waals surface area contributed by atoms with Crippen LogP contribution in [0.25, 0.3) is 0 Å². The molecule has 1 heterocycles. The van der Waals surface area contributed by atoms with Crippen molar-refractivity contribution in [2.75, 3.05) is 7.11 Å². The van der Waals surface area contributed by atoms with Gasteiger partial charge in [-0.25, -0.2) is 9.59 Å². The van der Waals surface area contributed by atoms with E-state index in [1.807, 2.05) is 24.3 Å². The zero-order valence-corrected chi connectivity index (χ0v) is 19.6. The molecule has 1 aliphatic heterocycles. The van der Waals surface area contributed by atoms with Gasteiger partial charge in [-0.05, 0) is 22.3 Å². The van der Waals surface area contributed by atoms with Gasteiger partial charge in [0.1, 0.15) is 0 Å². The summed E-state index contributed by atoms with van der Waals surface area (Å²) in [4.78, 5) is 27.2. The number of hydrogen-bond donors (Lipinski definition) is 0. The van der Waals surface area contributed by atoms with Gasteiger partial charge >= 0.3 is 19.3 Å². The molecule has 1 fully saturated rings. The van der Waals surface area contributed by atoms with E-state index in [1.165, 1.54) is 7.11 Å². The lowest BCUT2D eigenvalue weighted by Crippen LogP contribution is -2.44. The van der Waals surface area contributed by atoms with Crippen LogP contribution in [-0.2, 0) is 39.5 Å². The summed E-state index contributed by atoms with van der Waals surface area (Å²) in [6, 6.07) is 36.0. The van der Waals surface area contributed by atoms with Crippen molar-refractivity contribution in [1.82, 2.24) is 0 Å². The van der Waals surface area contributed by atoms with Crippen LogP contribution in [0.3, 0.4) is 0 Å². The van der Waals surface area contributed by atoms with E-state index in [4.69, 9.17) is 18.7 Å². The molecule has 0 N–H and O–H groups in total. The fourth-order valence-electron chi connectivity index (χ4n) is 4.56. The Hall–Kier alpha value is -4.20. The molecule has 0 unspecified atom stereocenters. The topological polar surface area (TPSA) is 71.1 Å². The zero-order chi connectivity index (χ0) is 25.0. The van der Waals surface area contributed by atoms with Gasteiger partial charge in [0.2, 0.25) is 11.2 Å². The molecule has 0 spiro atoms. The van der Waals surface area contributed by atoms with Crippen molar-refractivity contribution in [3.8, 4) is 0 Å². The van der Waals surface area contributed by atoms with E-state index in [1.54, 1.807) is 97.1 Å². The van der Waals surface area contributed by atoms with Gasteiger partial charge in [-0.15, -0.1) is 0 Å². The summed E-state index contributed by atoms with van der Waals surface area (Å²) in [5.41, 5.74) is -0.963. The standard InChI is InChI=1S/C29H23BO6/c1-33-28(22-14-6-2-7-15-22,23-16-8-3-9-17-23)26(31)34-30-35-27(32)29(36-30,24-18-10-4-11-19-24)25-20-12-5-13-21-25/h2-21H,1H3. The van der Waals surface area contributed by atoms with Crippen LogP contribution < -0.4 is 0 Å². The number of carbonyl (C=O) groups is 2. The number of hydrogen-bond acceptors (Lipinski definition) is 6. The van der Waals surface area contributed by atoms with E-state index in [-0.39, 0.29) is 0 Å². The quantitative estimate of drug-likeness (QED) is 0.361. The third-order valence-corrected chi connectivity index (χ3v) is 6.28. The molecule has 7 heteroatoms. The molecule has 0 bridgehead atoms. The summed E-state index contributed by atoms with van der Waals surface area (Å²) >= 11 is 0. The van der Waals surface area contributed by atoms with Gasteiger partial charge in [-0.3, -0.25) is 0 Å². The molecule has 36 heavy (non-hydrogen) atoms. The first-order valence-corrected chi connectivity index (χ1v) is 11.5. The van der Waals surface area contributed by atoms with Crippen LogP contribution in [0.15, 0.2) is 121 Å². The maximum absolute atomic E-state index is 13.8. The average Bonchev–Trinajstić information content (AvgIpc) is 3.28. The number of rotatable bonds is 7. The Morgan fingerprint density at radius 2 is 1.14 bits per heavy atom. The lowest BCUT2D eigenvalue weighted by molar-refractivity contribution is -0.158. The molecular formula is C29H23BO6. The van der Waals surface area contributed by atoms with Crippen LogP contribution in [-0.4, -0.2) is 26.4 Å². The number of carbonyl (C=O) groups excluding carboxylic acids is 2. The number of methoxy groups -OCH3 is 1. The van der Waals surface area contributed by atoms with E-state index < -0.39 is 30.5 Å². The van der Waals surface area contributed by atoms with Crippen LogP contribution in [0.5, 0.6) is 0 Å². The highest BCUT2D eigenvalue weighted by atomic mass is 16.8. The second-order valence-corrected chi connectivity index (χ2v) is 8.25. The van der Waals surface area contributed by atoms with E-state index in [0.717, 1.165) is 0 Å². The Balaban J connectivity index is 1.53. The predicted molar refractivity (Wildman–Crippen MR) is 133 cm³/mol. The van der Waals surface area contributed by atoms with Crippen LogP contribution in [0.2, 0.25) is 0 Å². The van der Waals surface area contributed by atoms with Crippen molar-refractivity contribution in [3.63, 3.8) is 0 Å². The molecule has 4 aromatic rings. The summed E-state index contributed by atoms with van der Waals surface area (Å²) in [5.74, 6) is -1.46. The first-order valence-electron chi connectivity index (χ1n) is 11.5. The summed E-state index contributed by atoms with van der Waals surface area (Å²) < 4.78 is 23.2. The van der Waals surface area contributed by atoms with Gasteiger partial charge in [-0.2, -0.15) is 0 Å². The largest absolute Gasteiger partial charge is 0.793 e. The van der Waals surface area contributed by atoms with E-state index in [2.05, 4.69) is 0 Å². The van der Waals surface area contributed by atoms with Crippen molar-refractivity contribution >= 4 is 19.3 Å². The van der Waals surface area contributed by atoms with Crippen molar-refractivity contribution in [2.45, 2.75) is 11.2 Å². The van der Waals surface area contributed by atoms with E-state index in [0.29, 0.717) is 22.3 Å². The summed E-state index contributed by atoms with van der Waals surface area (Å²) in [7, 11) is -0.159. The molecule has 0 saturated carbocycles. The minimum atomic E-state index is -1.61. The van der Waals surface area contributed by atoms with Gasteiger partial charge in [-0.1, -0.05) is 121 Å². The summed E-state index contributed by atoms with van der Waals surface area (Å²) in [5, 5.41) is 0. The van der Waals surface area contributed by atoms with Crippen molar-refractivity contribution in [3.05, 3.63) is 144 Å². The summed E-state index contributed by atoms with van der Waals surface area (Å²) in [6.07, 6.45) is 0. The molecule has 1 aliphatic rings. The molecule has 4 aromatic carbocycles. The normalized spacial score (nSPS) is 14.8. The molecule has 1 saturated heterocycles. The van der Waals surface area contributed by atoms with Crippen molar-refractivity contribution < 1.29 is 28.3 Å². The Kier molecular flexibility index (Phi) is 6.42. The van der Waals surface area contributed by atoms with Crippen molar-refractivity contribution in [1.29, 1.82) is 0 Å². The molecule has 0 aromatic heterocycles. The Labute approximate surface area is 209 Å². The maximum atomic E-state index is 13.8. The first-order chi connectivity index (χ1) is 17.6. The van der Waals surface area contributed by atoms with E-state index in [9.17, 15) is 9.59 Å². The lowest BCUT2D eigenvalue weighted by atomic mass is 9.85. The van der Waals surface area contributed by atoms with Crippen LogP contribution in [0.4, 0.5) is 0 Å². The second-order valence-electron chi connectivity index (χ2n) is 8.25. The monoisotopic (exact) mass is 478 g/mol. The van der Waals surface area contributed by atoms with Gasteiger partial charge in [0, 0.05) is 7.11 Å². The fourth-order valence-corrected chi connectivity index (χ4v) is 4.56. The Morgan fingerprint density at radius 1 is 0.722 bits per heavy atom. The van der Waals surface area contributed by atoms with Crippen LogP contribution in [0, 0.1) is 0 Å². The highest BCUT2D eigenvalue weighted by Gasteiger charge is 2.60. The number of benzene rings is 4. The minimum Gasteiger partial charge on any atom is -0.471 e. The lowest BCUT2D eigenvalue weighted by Gasteiger charge is -2.31. The SMILES string of the molecule is COC(C(=O)OB1OC(=O)C(c2ccccc2)(c2ccccc2)O1)(c1ccccc1)c1ccccc1. The van der Waals surface area contributed by atoms with Crippen LogP contribution >= 0.6 is 0 Å². The number of ether oxygens (including phenoxy) is 1. The predicted octanol–water partition coefficient (Wildman–Crippen LogP) is 4.62. The molecule has 6 nitrogen and oxygen atoms in total. The average molecular weight is 478 g/mol. The fraction of sp³-hybridized carbons (Fsp3) is 0.103. The molecule has 0 aliphatic carbocycles. The molecule has 0 amide bonds. The molecule has 5 rings (SSSR count). The van der Waals surface area contributed by atoms with Gasteiger partial charge in [0.15, 0.2) is 0 Å². The molecule has 178 valence electrons. The van der Waals surface area contributed by atoms with Gasteiger partial charge in [0.05, 0.1) is 0 Å². The summed E-state index contributed by atoms with van der Waals surface area (Å²) in [6.45, 7) is 0. The molecular weight excluding hydrogens is 455 g/mol. The van der Waals surface area contributed by atoms with E-state index >= 15 is 0 Å². The molecule has 0 atom stereocenters. The van der Waals surface area contributed by atoms with Gasteiger partial charge in [0.25, 0.3) is 0 Å². The maximum Gasteiger partial charge on any atom is 0.793 e. The second kappa shape index (κ2) is 9.81. The zero-order valence-electron chi connectivity index (χ0n) is 19.6. The van der Waals surface area contributed by atoms with Gasteiger partial charge < -0.3 is 18.7 Å². The smallest absolute Gasteiger partial charge is 0.471 e.